The molecule has 1 saturated heterocycles. The number of hydrogen-bond acceptors (Lipinski definition) is 5. The zero-order chi connectivity index (χ0) is 18.3. The van der Waals surface area contributed by atoms with Gasteiger partial charge in [-0.15, -0.1) is 0 Å². The van der Waals surface area contributed by atoms with Crippen molar-refractivity contribution in [2.24, 2.45) is 0 Å². The molecule has 7 nitrogen and oxygen atoms in total. The van der Waals surface area contributed by atoms with Gasteiger partial charge in [-0.1, -0.05) is 29.8 Å². The molecule has 0 bridgehead atoms. The topological polar surface area (TPSA) is 84.9 Å². The minimum Gasteiger partial charge on any atom is -0.454 e. The van der Waals surface area contributed by atoms with Gasteiger partial charge in [0.05, 0.1) is 4.90 Å². The SMILES string of the molecule is Cc1cccc(C2C(=O)NCCN2S(=O)(=O)c2ccc3c(c2)OCO3)c1. The molecule has 1 fully saturated rings. The van der Waals surface area contributed by atoms with E-state index in [0.29, 0.717) is 17.1 Å². The zero-order valence-corrected chi connectivity index (χ0v) is 15.0. The van der Waals surface area contributed by atoms with E-state index in [-0.39, 0.29) is 30.7 Å². The Kier molecular flexibility index (Phi) is 4.08. The van der Waals surface area contributed by atoms with E-state index in [4.69, 9.17) is 9.47 Å². The minimum atomic E-state index is -3.89. The number of sulfonamides is 1. The van der Waals surface area contributed by atoms with E-state index in [0.717, 1.165) is 5.56 Å². The molecule has 1 unspecified atom stereocenters. The monoisotopic (exact) mass is 374 g/mol. The predicted molar refractivity (Wildman–Crippen MR) is 93.4 cm³/mol. The lowest BCUT2D eigenvalue weighted by Gasteiger charge is -2.34. The van der Waals surface area contributed by atoms with Crippen LogP contribution in [0.2, 0.25) is 0 Å². The van der Waals surface area contributed by atoms with Crippen LogP contribution in [0.1, 0.15) is 17.2 Å². The van der Waals surface area contributed by atoms with Gasteiger partial charge in [0.2, 0.25) is 22.7 Å². The van der Waals surface area contributed by atoms with Crippen LogP contribution in [0.3, 0.4) is 0 Å². The highest BCUT2D eigenvalue weighted by atomic mass is 32.2. The van der Waals surface area contributed by atoms with Crippen LogP contribution in [0.25, 0.3) is 0 Å². The fourth-order valence-corrected chi connectivity index (χ4v) is 4.83. The summed E-state index contributed by atoms with van der Waals surface area (Å²) in [7, 11) is -3.89. The van der Waals surface area contributed by atoms with Gasteiger partial charge in [0, 0.05) is 19.2 Å². The highest BCUT2D eigenvalue weighted by Crippen LogP contribution is 2.36. The summed E-state index contributed by atoms with van der Waals surface area (Å²) in [6, 6.07) is 10.9. The molecule has 8 heteroatoms. The minimum absolute atomic E-state index is 0.0663. The van der Waals surface area contributed by atoms with Gasteiger partial charge in [0.25, 0.3) is 0 Å². The summed E-state index contributed by atoms with van der Waals surface area (Å²) < 4.78 is 38.3. The molecule has 0 saturated carbocycles. The first-order chi connectivity index (χ1) is 12.5. The van der Waals surface area contributed by atoms with Gasteiger partial charge in [-0.3, -0.25) is 4.79 Å². The number of amides is 1. The summed E-state index contributed by atoms with van der Waals surface area (Å²) >= 11 is 0. The van der Waals surface area contributed by atoms with Crippen molar-refractivity contribution in [1.29, 1.82) is 0 Å². The molecule has 4 rings (SSSR count). The number of nitrogens with zero attached hydrogens (tertiary/aromatic N) is 1. The van der Waals surface area contributed by atoms with Crippen LogP contribution in [0, 0.1) is 6.92 Å². The number of aryl methyl sites for hydroxylation is 1. The molecule has 2 aromatic carbocycles. The summed E-state index contributed by atoms with van der Waals surface area (Å²) in [5.41, 5.74) is 1.60. The average Bonchev–Trinajstić information content (AvgIpc) is 3.09. The maximum Gasteiger partial charge on any atom is 0.244 e. The van der Waals surface area contributed by atoms with Crippen molar-refractivity contribution >= 4 is 15.9 Å². The van der Waals surface area contributed by atoms with Crippen LogP contribution in [0.15, 0.2) is 47.4 Å². The quantitative estimate of drug-likeness (QED) is 0.882. The second-order valence-corrected chi connectivity index (χ2v) is 8.13. The molecule has 1 atom stereocenters. The number of fused-ring (bicyclic) bond motifs is 1. The molecule has 0 spiro atoms. The highest BCUT2D eigenvalue weighted by Gasteiger charge is 2.40. The number of benzene rings is 2. The van der Waals surface area contributed by atoms with Crippen molar-refractivity contribution in [2.75, 3.05) is 19.9 Å². The summed E-state index contributed by atoms with van der Waals surface area (Å²) in [6.07, 6.45) is 0. The van der Waals surface area contributed by atoms with E-state index in [2.05, 4.69) is 5.32 Å². The van der Waals surface area contributed by atoms with E-state index < -0.39 is 16.1 Å². The summed E-state index contributed by atoms with van der Waals surface area (Å²) in [5, 5.41) is 2.76. The number of ether oxygens (including phenoxy) is 2. The molecule has 1 amide bonds. The van der Waals surface area contributed by atoms with Crippen LogP contribution >= 0.6 is 0 Å². The lowest BCUT2D eigenvalue weighted by molar-refractivity contribution is -0.126. The van der Waals surface area contributed by atoms with Gasteiger partial charge in [-0.05, 0) is 24.6 Å². The van der Waals surface area contributed by atoms with Gasteiger partial charge >= 0.3 is 0 Å². The smallest absolute Gasteiger partial charge is 0.244 e. The lowest BCUT2D eigenvalue weighted by Crippen LogP contribution is -2.52. The number of carbonyl (C=O) groups excluding carboxylic acids is 1. The Balaban J connectivity index is 1.76. The Hall–Kier alpha value is -2.58. The molecule has 136 valence electrons. The molecule has 2 aliphatic heterocycles. The molecule has 1 N–H and O–H groups in total. The van der Waals surface area contributed by atoms with Crippen molar-refractivity contribution in [1.82, 2.24) is 9.62 Å². The van der Waals surface area contributed by atoms with Crippen LogP contribution in [0.4, 0.5) is 0 Å². The van der Waals surface area contributed by atoms with Crippen molar-refractivity contribution in [3.8, 4) is 11.5 Å². The van der Waals surface area contributed by atoms with Gasteiger partial charge in [0.1, 0.15) is 6.04 Å². The van der Waals surface area contributed by atoms with E-state index in [1.54, 1.807) is 12.1 Å². The molecule has 0 aliphatic carbocycles. The molecule has 2 aliphatic rings. The number of hydrogen-bond donors (Lipinski definition) is 1. The Morgan fingerprint density at radius 1 is 1.12 bits per heavy atom. The Morgan fingerprint density at radius 3 is 2.73 bits per heavy atom. The van der Waals surface area contributed by atoms with Crippen LogP contribution < -0.4 is 14.8 Å². The molecule has 2 aromatic rings. The fourth-order valence-electron chi connectivity index (χ4n) is 3.24. The first-order valence-corrected chi connectivity index (χ1v) is 9.66. The lowest BCUT2D eigenvalue weighted by atomic mass is 10.0. The van der Waals surface area contributed by atoms with Crippen molar-refractivity contribution in [3.63, 3.8) is 0 Å². The normalized spacial score (nSPS) is 20.0. The van der Waals surface area contributed by atoms with Crippen LogP contribution in [-0.2, 0) is 14.8 Å². The van der Waals surface area contributed by atoms with Crippen LogP contribution in [-0.4, -0.2) is 38.5 Å². The summed E-state index contributed by atoms with van der Waals surface area (Å²) in [6.45, 7) is 2.43. The standard InChI is InChI=1S/C18H18N2O5S/c1-12-3-2-4-13(9-12)17-18(21)19-7-8-20(17)26(22,23)14-5-6-15-16(10-14)25-11-24-15/h2-6,9-10,17H,7-8,11H2,1H3,(H,19,21). The first-order valence-electron chi connectivity index (χ1n) is 8.22. The summed E-state index contributed by atoms with van der Waals surface area (Å²) in [5.74, 6) is 0.571. The van der Waals surface area contributed by atoms with Gasteiger partial charge in [0.15, 0.2) is 11.5 Å². The molecular weight excluding hydrogens is 356 g/mol. The first kappa shape index (κ1) is 16.9. The van der Waals surface area contributed by atoms with E-state index >= 15 is 0 Å². The Labute approximate surface area is 151 Å². The Morgan fingerprint density at radius 2 is 1.92 bits per heavy atom. The number of rotatable bonds is 3. The zero-order valence-electron chi connectivity index (χ0n) is 14.1. The largest absolute Gasteiger partial charge is 0.454 e. The van der Waals surface area contributed by atoms with Gasteiger partial charge < -0.3 is 14.8 Å². The highest BCUT2D eigenvalue weighted by molar-refractivity contribution is 7.89. The van der Waals surface area contributed by atoms with E-state index in [9.17, 15) is 13.2 Å². The van der Waals surface area contributed by atoms with E-state index in [1.807, 2.05) is 25.1 Å². The second kappa shape index (κ2) is 6.30. The fraction of sp³-hybridized carbons (Fsp3) is 0.278. The molecule has 0 radical (unpaired) electrons. The number of nitrogens with one attached hydrogen (secondary N) is 1. The molecular formula is C18H18N2O5S. The molecule has 0 aromatic heterocycles. The molecule has 2 heterocycles. The second-order valence-electron chi connectivity index (χ2n) is 6.24. The molecule has 26 heavy (non-hydrogen) atoms. The van der Waals surface area contributed by atoms with Crippen molar-refractivity contribution in [3.05, 3.63) is 53.6 Å². The maximum atomic E-state index is 13.3. The van der Waals surface area contributed by atoms with Crippen LogP contribution in [0.5, 0.6) is 11.5 Å². The maximum absolute atomic E-state index is 13.3. The van der Waals surface area contributed by atoms with Gasteiger partial charge in [-0.2, -0.15) is 4.31 Å². The summed E-state index contributed by atoms with van der Waals surface area (Å²) in [4.78, 5) is 12.6. The van der Waals surface area contributed by atoms with E-state index in [1.165, 1.54) is 16.4 Å². The third kappa shape index (κ3) is 2.81. The average molecular weight is 374 g/mol. The van der Waals surface area contributed by atoms with Crippen molar-refractivity contribution in [2.45, 2.75) is 17.9 Å². The van der Waals surface area contributed by atoms with Gasteiger partial charge in [-0.25, -0.2) is 8.42 Å². The Bertz CT molecular complexity index is 973. The predicted octanol–water partition coefficient (Wildman–Crippen LogP) is 1.59. The third-order valence-corrected chi connectivity index (χ3v) is 6.34. The third-order valence-electron chi connectivity index (χ3n) is 4.48. The number of piperazine rings is 1. The van der Waals surface area contributed by atoms with Crippen molar-refractivity contribution < 1.29 is 22.7 Å². The number of carbonyl (C=O) groups is 1.